The molecule has 5 rings (SSSR count). The van der Waals surface area contributed by atoms with Crippen molar-refractivity contribution >= 4 is 22.6 Å². The van der Waals surface area contributed by atoms with Crippen LogP contribution in [0.4, 0.5) is 5.69 Å². The number of anilines is 1. The topological polar surface area (TPSA) is 87.4 Å². The van der Waals surface area contributed by atoms with Gasteiger partial charge in [0.1, 0.15) is 11.2 Å². The van der Waals surface area contributed by atoms with E-state index in [2.05, 4.69) is 6.08 Å². The van der Waals surface area contributed by atoms with E-state index in [9.17, 15) is 9.59 Å². The fourth-order valence-corrected chi connectivity index (χ4v) is 5.86. The van der Waals surface area contributed by atoms with Crippen molar-refractivity contribution in [2.75, 3.05) is 39.3 Å². The Morgan fingerprint density at radius 1 is 1.26 bits per heavy atom. The maximum absolute atomic E-state index is 12.7. The van der Waals surface area contributed by atoms with Crippen molar-refractivity contribution in [2.45, 2.75) is 56.5 Å². The molecule has 0 N–H and O–H groups in total. The van der Waals surface area contributed by atoms with E-state index in [1.807, 2.05) is 38.1 Å². The molecule has 188 valence electrons. The average Bonchev–Trinajstić information content (AvgIpc) is 3.31. The fourth-order valence-electron chi connectivity index (χ4n) is 5.86. The van der Waals surface area contributed by atoms with Crippen molar-refractivity contribution < 1.29 is 28.2 Å². The van der Waals surface area contributed by atoms with Crippen LogP contribution in [0.2, 0.25) is 0 Å². The molecule has 35 heavy (non-hydrogen) atoms. The molecule has 8 nitrogen and oxygen atoms in total. The zero-order valence-corrected chi connectivity index (χ0v) is 20.8. The first-order valence-corrected chi connectivity index (χ1v) is 12.2. The summed E-state index contributed by atoms with van der Waals surface area (Å²) in [7, 11) is 5.49. The molecule has 2 fully saturated rings. The van der Waals surface area contributed by atoms with E-state index in [1.165, 1.54) is 11.6 Å². The second-order valence-corrected chi connectivity index (χ2v) is 10.1. The fraction of sp³-hybridized carbons (Fsp3) is 0.556. The van der Waals surface area contributed by atoms with Crippen molar-refractivity contribution in [1.29, 1.82) is 0 Å². The summed E-state index contributed by atoms with van der Waals surface area (Å²) in [4.78, 5) is 26.8. The van der Waals surface area contributed by atoms with Crippen LogP contribution in [0.25, 0.3) is 11.0 Å². The Balaban J connectivity index is 1.26. The molecule has 0 amide bonds. The van der Waals surface area contributed by atoms with Crippen LogP contribution < -0.4 is 10.5 Å². The Morgan fingerprint density at radius 2 is 2.09 bits per heavy atom. The maximum Gasteiger partial charge on any atom is 0.336 e. The zero-order chi connectivity index (χ0) is 24.8. The van der Waals surface area contributed by atoms with E-state index in [1.54, 1.807) is 13.2 Å². The van der Waals surface area contributed by atoms with E-state index in [0.717, 1.165) is 23.9 Å². The summed E-state index contributed by atoms with van der Waals surface area (Å²) in [6.45, 7) is 2.82. The number of fused-ring (bicyclic) bond motifs is 1. The largest absolute Gasteiger partial charge is 0.465 e. The third-order valence-electron chi connectivity index (χ3n) is 7.70. The monoisotopic (exact) mass is 483 g/mol. The molecule has 1 aliphatic carbocycles. The number of hydrogen-bond donors (Lipinski definition) is 0. The van der Waals surface area contributed by atoms with Gasteiger partial charge in [0.25, 0.3) is 0 Å². The first-order valence-electron chi connectivity index (χ1n) is 12.2. The summed E-state index contributed by atoms with van der Waals surface area (Å²) in [6.07, 6.45) is 5.44. The van der Waals surface area contributed by atoms with E-state index >= 15 is 0 Å². The van der Waals surface area contributed by atoms with E-state index in [-0.39, 0.29) is 31.0 Å². The van der Waals surface area contributed by atoms with Crippen molar-refractivity contribution in [2.24, 2.45) is 5.92 Å². The van der Waals surface area contributed by atoms with Gasteiger partial charge in [0.05, 0.1) is 25.7 Å². The first-order chi connectivity index (χ1) is 16.7. The van der Waals surface area contributed by atoms with Gasteiger partial charge in [0.2, 0.25) is 0 Å². The Hall–Kier alpha value is -2.68. The van der Waals surface area contributed by atoms with Crippen LogP contribution >= 0.6 is 0 Å². The molecule has 1 aromatic heterocycles. The minimum Gasteiger partial charge on any atom is -0.465 e. The molecular weight excluding hydrogens is 450 g/mol. The number of esters is 1. The quantitative estimate of drug-likeness (QED) is 0.336. The molecule has 2 aliphatic heterocycles. The van der Waals surface area contributed by atoms with Crippen LogP contribution in [-0.2, 0) is 30.2 Å². The Kier molecular flexibility index (Phi) is 6.23. The molecule has 1 aromatic carbocycles. The number of allylic oxidation sites excluding steroid dienone is 1. The number of methoxy groups -OCH3 is 1. The van der Waals surface area contributed by atoms with Crippen molar-refractivity contribution in [3.8, 4) is 0 Å². The normalized spacial score (nSPS) is 29.5. The first kappa shape index (κ1) is 24.0. The highest BCUT2D eigenvalue weighted by atomic mass is 16.7. The van der Waals surface area contributed by atoms with Crippen LogP contribution in [0.5, 0.6) is 0 Å². The molecule has 2 saturated heterocycles. The molecular formula is C27H33NO7. The SMILES string of the molecule is CO[C@]1(C)C[C@@H]2OCC3=CCC[C@@H](CCOC(=O)Cc4cc(=O)oc5cc(N(C)C)ccc45)[C@]32O1. The smallest absolute Gasteiger partial charge is 0.336 e. The number of carbonyl (C=O) groups is 1. The van der Waals surface area contributed by atoms with Gasteiger partial charge in [0.15, 0.2) is 5.79 Å². The third kappa shape index (κ3) is 4.28. The van der Waals surface area contributed by atoms with Gasteiger partial charge < -0.3 is 28.3 Å². The predicted octanol–water partition coefficient (Wildman–Crippen LogP) is 3.59. The van der Waals surface area contributed by atoms with E-state index < -0.39 is 17.0 Å². The Morgan fingerprint density at radius 3 is 2.86 bits per heavy atom. The number of rotatable bonds is 7. The van der Waals surface area contributed by atoms with Gasteiger partial charge in [-0.05, 0) is 55.4 Å². The van der Waals surface area contributed by atoms with Crippen LogP contribution in [0.3, 0.4) is 0 Å². The van der Waals surface area contributed by atoms with Crippen LogP contribution in [0.1, 0.15) is 38.2 Å². The minimum absolute atomic E-state index is 0.00829. The highest BCUT2D eigenvalue weighted by Crippen LogP contribution is 2.55. The molecule has 0 unspecified atom stereocenters. The number of benzene rings is 1. The third-order valence-corrected chi connectivity index (χ3v) is 7.70. The van der Waals surface area contributed by atoms with Crippen molar-refractivity contribution in [3.63, 3.8) is 0 Å². The lowest BCUT2D eigenvalue weighted by Gasteiger charge is -2.41. The summed E-state index contributed by atoms with van der Waals surface area (Å²) in [5.41, 5.74) is 2.17. The summed E-state index contributed by atoms with van der Waals surface area (Å²) in [5, 5.41) is 0.734. The summed E-state index contributed by atoms with van der Waals surface area (Å²) in [5.74, 6) is -0.877. The maximum atomic E-state index is 12.7. The number of ether oxygens (including phenoxy) is 4. The standard InChI is InChI=1S/C27H33NO7/c1-26(31-4)15-23-27(35-26)18(6-5-7-19(27)16-33-23)10-11-32-24(29)12-17-13-25(30)34-22-14-20(28(2)3)8-9-21(17)22/h7-9,13-14,18,23H,5-6,10-12,15-16H2,1-4H3/t18-,23-,26-,27-/m0/s1. The number of nitrogens with zero attached hydrogens (tertiary/aromatic N) is 1. The minimum atomic E-state index is -0.682. The molecule has 1 spiro atoms. The van der Waals surface area contributed by atoms with Gasteiger partial charge in [-0.1, -0.05) is 6.08 Å². The number of carbonyl (C=O) groups excluding carboxylic acids is 1. The molecule has 0 saturated carbocycles. The summed E-state index contributed by atoms with van der Waals surface area (Å²) < 4.78 is 29.3. The van der Waals surface area contributed by atoms with E-state index in [4.69, 9.17) is 23.4 Å². The van der Waals surface area contributed by atoms with Gasteiger partial charge in [-0.15, -0.1) is 0 Å². The van der Waals surface area contributed by atoms with Crippen molar-refractivity contribution in [1.82, 2.24) is 0 Å². The zero-order valence-electron chi connectivity index (χ0n) is 20.8. The van der Waals surface area contributed by atoms with Crippen LogP contribution in [0.15, 0.2) is 45.1 Å². The second kappa shape index (κ2) is 9.08. The van der Waals surface area contributed by atoms with Gasteiger partial charge in [-0.25, -0.2) is 4.79 Å². The van der Waals surface area contributed by atoms with E-state index in [0.29, 0.717) is 30.6 Å². The van der Waals surface area contributed by atoms with Gasteiger partial charge in [-0.2, -0.15) is 0 Å². The Bertz CT molecular complexity index is 1220. The molecule has 0 radical (unpaired) electrons. The highest BCUT2D eigenvalue weighted by molar-refractivity contribution is 5.87. The van der Waals surface area contributed by atoms with Gasteiger partial charge in [0, 0.05) is 50.8 Å². The summed E-state index contributed by atoms with van der Waals surface area (Å²) >= 11 is 0. The van der Waals surface area contributed by atoms with Crippen LogP contribution in [0, 0.1) is 5.92 Å². The molecule has 3 heterocycles. The predicted molar refractivity (Wildman–Crippen MR) is 130 cm³/mol. The molecule has 2 aromatic rings. The van der Waals surface area contributed by atoms with Gasteiger partial charge >= 0.3 is 11.6 Å². The molecule has 0 bridgehead atoms. The Labute approximate surface area is 204 Å². The molecule has 3 aliphatic rings. The highest BCUT2D eigenvalue weighted by Gasteiger charge is 2.63. The number of hydrogen-bond acceptors (Lipinski definition) is 8. The van der Waals surface area contributed by atoms with Gasteiger partial charge in [-0.3, -0.25) is 4.79 Å². The van der Waals surface area contributed by atoms with Crippen molar-refractivity contribution in [3.05, 3.63) is 51.9 Å². The average molecular weight is 484 g/mol. The summed E-state index contributed by atoms with van der Waals surface area (Å²) in [6, 6.07) is 6.97. The van der Waals surface area contributed by atoms with Crippen LogP contribution in [-0.4, -0.2) is 57.9 Å². The lowest BCUT2D eigenvalue weighted by Crippen LogP contribution is -2.48. The molecule has 4 atom stereocenters. The second-order valence-electron chi connectivity index (χ2n) is 10.1. The lowest BCUT2D eigenvalue weighted by molar-refractivity contribution is -0.232. The lowest BCUT2D eigenvalue weighted by atomic mass is 9.71. The molecule has 8 heteroatoms.